The third-order valence-electron chi connectivity index (χ3n) is 11.3. The van der Waals surface area contributed by atoms with Crippen LogP contribution in [0, 0.1) is 0 Å². The van der Waals surface area contributed by atoms with Gasteiger partial charge in [-0.25, -0.2) is 15.0 Å². The van der Waals surface area contributed by atoms with Crippen molar-refractivity contribution in [2.45, 2.75) is 0 Å². The van der Waals surface area contributed by atoms with Crippen LogP contribution in [0.4, 0.5) is 0 Å². The molecule has 0 saturated carbocycles. The molecule has 0 atom stereocenters. The third kappa shape index (κ3) is 5.71. The molecule has 0 N–H and O–H groups in total. The van der Waals surface area contributed by atoms with E-state index < -0.39 is 0 Å². The maximum absolute atomic E-state index is 6.34. The number of nitrogens with zero attached hydrogens (tertiary/aromatic N) is 6. The molecule has 3 heterocycles. The third-order valence-corrected chi connectivity index (χ3v) is 11.3. The normalized spacial score (nSPS) is 11.7. The fourth-order valence-electron chi connectivity index (χ4n) is 8.40. The van der Waals surface area contributed by atoms with Gasteiger partial charge >= 0.3 is 0 Å². The fourth-order valence-corrected chi connectivity index (χ4v) is 8.40. The van der Waals surface area contributed by atoms with Crippen LogP contribution in [0.15, 0.2) is 199 Å². The minimum absolute atomic E-state index is 0.560. The van der Waals surface area contributed by atoms with Crippen molar-refractivity contribution in [2.75, 3.05) is 0 Å². The van der Waals surface area contributed by atoms with E-state index >= 15 is 0 Å². The second-order valence-electron chi connectivity index (χ2n) is 15.0. The van der Waals surface area contributed by atoms with Crippen LogP contribution in [0.1, 0.15) is 0 Å². The highest BCUT2D eigenvalue weighted by Crippen LogP contribution is 2.39. The summed E-state index contributed by atoms with van der Waals surface area (Å²) in [4.78, 5) is 17.6. The van der Waals surface area contributed by atoms with Crippen molar-refractivity contribution in [3.63, 3.8) is 0 Å². The van der Waals surface area contributed by atoms with Crippen molar-refractivity contribution in [3.05, 3.63) is 194 Å². The standard InChI is InChI=1S/C53H32N6O/c1-4-13-33(14-5-1)38-29-39(34-15-6-2-7-16-34)31-40(30-38)52-54-51(55-53(56-52)43-20-12-22-47-49(43)42-19-10-11-21-46(42)60-47)37-26-24-35-23-25-36-27-28-45-50(48(36)44(35)32-37)58-59(57-45)41-17-8-3-9-18-41/h1-32H. The molecular formula is C53H32N6O. The number of rotatable bonds is 6. The minimum Gasteiger partial charge on any atom is -0.456 e. The van der Waals surface area contributed by atoms with Crippen molar-refractivity contribution in [1.82, 2.24) is 29.9 Å². The Morgan fingerprint density at radius 1 is 0.367 bits per heavy atom. The van der Waals surface area contributed by atoms with Crippen molar-refractivity contribution in [2.24, 2.45) is 0 Å². The molecular weight excluding hydrogens is 737 g/mol. The Bertz CT molecular complexity index is 3540. The Morgan fingerprint density at radius 3 is 1.73 bits per heavy atom. The SMILES string of the molecule is c1ccc(-c2cc(-c3ccccc3)cc(-c3nc(-c4ccc5ccc6ccc7nn(-c8ccccc8)nc7c6c5c4)nc(-c4cccc5oc6ccccc6c45)n3)c2)cc1. The summed E-state index contributed by atoms with van der Waals surface area (Å²) in [6.07, 6.45) is 0. The highest BCUT2D eigenvalue weighted by atomic mass is 16.3. The molecule has 0 radical (unpaired) electrons. The summed E-state index contributed by atoms with van der Waals surface area (Å²) >= 11 is 0. The predicted octanol–water partition coefficient (Wildman–Crippen LogP) is 13.1. The summed E-state index contributed by atoms with van der Waals surface area (Å²) in [6, 6.07) is 66.6. The predicted molar refractivity (Wildman–Crippen MR) is 242 cm³/mol. The highest BCUT2D eigenvalue weighted by Gasteiger charge is 2.20. The van der Waals surface area contributed by atoms with Gasteiger partial charge in [0.25, 0.3) is 0 Å². The van der Waals surface area contributed by atoms with E-state index in [1.54, 1.807) is 4.80 Å². The van der Waals surface area contributed by atoms with E-state index in [2.05, 4.69) is 115 Å². The first kappa shape index (κ1) is 33.8. The molecule has 0 aliphatic carbocycles. The Balaban J connectivity index is 1.11. The Labute approximate surface area is 343 Å². The Kier molecular flexibility index (Phi) is 7.71. The summed E-state index contributed by atoms with van der Waals surface area (Å²) in [5.41, 5.74) is 11.1. The molecule has 0 saturated heterocycles. The maximum Gasteiger partial charge on any atom is 0.164 e. The van der Waals surface area contributed by atoms with Gasteiger partial charge in [-0.3, -0.25) is 0 Å². The molecule has 12 aromatic rings. The zero-order valence-electron chi connectivity index (χ0n) is 32.1. The smallest absolute Gasteiger partial charge is 0.164 e. The first-order valence-electron chi connectivity index (χ1n) is 19.9. The van der Waals surface area contributed by atoms with Gasteiger partial charge in [-0.15, -0.1) is 10.2 Å². The van der Waals surface area contributed by atoms with Gasteiger partial charge in [-0.1, -0.05) is 140 Å². The lowest BCUT2D eigenvalue weighted by Gasteiger charge is -2.13. The first-order valence-corrected chi connectivity index (χ1v) is 19.9. The summed E-state index contributed by atoms with van der Waals surface area (Å²) in [5.74, 6) is 1.69. The fraction of sp³-hybridized carbons (Fsp3) is 0. The molecule has 0 bridgehead atoms. The van der Waals surface area contributed by atoms with Gasteiger partial charge in [0.1, 0.15) is 22.2 Å². The molecule has 0 aliphatic rings. The lowest BCUT2D eigenvalue weighted by molar-refractivity contribution is 0.669. The van der Waals surface area contributed by atoms with E-state index in [0.717, 1.165) is 99.1 Å². The van der Waals surface area contributed by atoms with Gasteiger partial charge in [0.05, 0.1) is 5.69 Å². The van der Waals surface area contributed by atoms with Crippen molar-refractivity contribution >= 4 is 54.5 Å². The summed E-state index contributed by atoms with van der Waals surface area (Å²) < 4.78 is 6.34. The number of para-hydroxylation sites is 2. The van der Waals surface area contributed by atoms with Gasteiger partial charge in [0.2, 0.25) is 0 Å². The molecule has 60 heavy (non-hydrogen) atoms. The number of fused-ring (bicyclic) bond motifs is 8. The Hall–Kier alpha value is -8.29. The lowest BCUT2D eigenvalue weighted by atomic mass is 9.95. The van der Waals surface area contributed by atoms with Crippen LogP contribution in [0.5, 0.6) is 0 Å². The van der Waals surface area contributed by atoms with Gasteiger partial charge in [-0.2, -0.15) is 4.80 Å². The molecule has 0 amide bonds. The number of hydrogen-bond acceptors (Lipinski definition) is 6. The van der Waals surface area contributed by atoms with Gasteiger partial charge in [0, 0.05) is 32.8 Å². The summed E-state index contributed by atoms with van der Waals surface area (Å²) in [7, 11) is 0. The van der Waals surface area contributed by atoms with Gasteiger partial charge in [0.15, 0.2) is 17.5 Å². The monoisotopic (exact) mass is 768 g/mol. The van der Waals surface area contributed by atoms with E-state index in [0.29, 0.717) is 17.5 Å². The van der Waals surface area contributed by atoms with E-state index in [-0.39, 0.29) is 0 Å². The number of hydrogen-bond donors (Lipinski definition) is 0. The van der Waals surface area contributed by atoms with Crippen LogP contribution in [0.3, 0.4) is 0 Å². The second-order valence-corrected chi connectivity index (χ2v) is 15.0. The highest BCUT2D eigenvalue weighted by molar-refractivity contribution is 6.19. The van der Waals surface area contributed by atoms with Crippen molar-refractivity contribution < 1.29 is 4.42 Å². The van der Waals surface area contributed by atoms with E-state index in [1.165, 1.54) is 0 Å². The molecule has 280 valence electrons. The van der Waals surface area contributed by atoms with Crippen LogP contribution < -0.4 is 0 Å². The van der Waals surface area contributed by atoms with Crippen LogP contribution in [0.25, 0.3) is 117 Å². The van der Waals surface area contributed by atoms with Crippen LogP contribution in [0.2, 0.25) is 0 Å². The van der Waals surface area contributed by atoms with Crippen molar-refractivity contribution in [3.8, 4) is 62.1 Å². The molecule has 0 aliphatic heterocycles. The molecule has 12 rings (SSSR count). The topological polar surface area (TPSA) is 82.5 Å². The molecule has 0 fully saturated rings. The van der Waals surface area contributed by atoms with E-state index in [1.807, 2.05) is 78.9 Å². The van der Waals surface area contributed by atoms with E-state index in [4.69, 9.17) is 29.6 Å². The zero-order chi connectivity index (χ0) is 39.6. The largest absolute Gasteiger partial charge is 0.456 e. The van der Waals surface area contributed by atoms with Crippen LogP contribution >= 0.6 is 0 Å². The first-order chi connectivity index (χ1) is 29.7. The Morgan fingerprint density at radius 2 is 0.967 bits per heavy atom. The average molecular weight is 769 g/mol. The molecule has 0 unspecified atom stereocenters. The molecule has 3 aromatic heterocycles. The summed E-state index contributed by atoms with van der Waals surface area (Å²) in [5, 5.41) is 16.1. The van der Waals surface area contributed by atoms with Crippen LogP contribution in [-0.4, -0.2) is 29.9 Å². The number of furan rings is 1. The average Bonchev–Trinajstić information content (AvgIpc) is 3.94. The quantitative estimate of drug-likeness (QED) is 0.157. The maximum atomic E-state index is 6.34. The molecule has 7 nitrogen and oxygen atoms in total. The van der Waals surface area contributed by atoms with Crippen molar-refractivity contribution in [1.29, 1.82) is 0 Å². The van der Waals surface area contributed by atoms with E-state index in [9.17, 15) is 0 Å². The number of benzene rings is 9. The van der Waals surface area contributed by atoms with Crippen LogP contribution in [-0.2, 0) is 0 Å². The zero-order valence-corrected chi connectivity index (χ0v) is 32.1. The molecule has 7 heteroatoms. The minimum atomic E-state index is 0.560. The summed E-state index contributed by atoms with van der Waals surface area (Å²) in [6.45, 7) is 0. The lowest BCUT2D eigenvalue weighted by Crippen LogP contribution is -2.01. The molecule has 9 aromatic carbocycles. The second kappa shape index (κ2) is 13.7. The molecule has 0 spiro atoms. The number of aromatic nitrogens is 6. The van der Waals surface area contributed by atoms with Gasteiger partial charge < -0.3 is 4.42 Å². The van der Waals surface area contributed by atoms with Gasteiger partial charge in [-0.05, 0) is 93.0 Å².